The summed E-state index contributed by atoms with van der Waals surface area (Å²) in [5, 5.41) is 3.32. The Morgan fingerprint density at radius 1 is 0.458 bits per heavy atom. The molecule has 0 amide bonds. The van der Waals surface area contributed by atoms with Gasteiger partial charge in [-0.05, 0) is 51.5 Å². The van der Waals surface area contributed by atoms with E-state index in [2.05, 4.69) is 12.2 Å². The zero-order valence-electron chi connectivity index (χ0n) is 36.3. The summed E-state index contributed by atoms with van der Waals surface area (Å²) < 4.78 is 76.1. The lowest BCUT2D eigenvalue weighted by Crippen LogP contribution is -2.24. The summed E-state index contributed by atoms with van der Waals surface area (Å²) >= 11 is 0. The van der Waals surface area contributed by atoms with Gasteiger partial charge in [0.25, 0.3) is 0 Å². The molecule has 0 saturated carbocycles. The fourth-order valence-electron chi connectivity index (χ4n) is 4.48. The molecule has 0 fully saturated rings. The molecule has 0 atom stereocenters. The highest BCUT2D eigenvalue weighted by Crippen LogP contribution is 2.11. The summed E-state index contributed by atoms with van der Waals surface area (Å²) in [6, 6.07) is 7.28. The summed E-state index contributed by atoms with van der Waals surface area (Å²) in [5.41, 5.74) is 1.03. The van der Waals surface area contributed by atoms with E-state index >= 15 is 0 Å². The molecule has 0 unspecified atom stereocenters. The van der Waals surface area contributed by atoms with Crippen molar-refractivity contribution in [3.8, 4) is 0 Å². The smallest absolute Gasteiger partial charge is 0.338 e. The number of unbranched alkanes of at least 4 members (excludes halogenated alkanes) is 1. The van der Waals surface area contributed by atoms with Gasteiger partial charge in [-0.3, -0.25) is 4.79 Å². The summed E-state index contributed by atoms with van der Waals surface area (Å²) in [7, 11) is 0. The van der Waals surface area contributed by atoms with Gasteiger partial charge in [0.15, 0.2) is 0 Å². The van der Waals surface area contributed by atoms with Crippen LogP contribution in [0.15, 0.2) is 24.3 Å². The van der Waals surface area contributed by atoms with Gasteiger partial charge >= 0.3 is 11.9 Å². The van der Waals surface area contributed by atoms with E-state index in [-0.39, 0.29) is 25.0 Å². The highest BCUT2D eigenvalue weighted by atomic mass is 16.6. The molecule has 17 heteroatoms. The third kappa shape index (κ3) is 39.4. The monoisotopic (exact) mass is 850 g/mol. The summed E-state index contributed by atoms with van der Waals surface area (Å²) in [6.07, 6.45) is 2.46. The van der Waals surface area contributed by atoms with Gasteiger partial charge in [0.1, 0.15) is 12.2 Å². The largest absolute Gasteiger partial charge is 0.460 e. The van der Waals surface area contributed by atoms with E-state index in [4.69, 9.17) is 66.3 Å². The molecule has 0 heterocycles. The maximum absolute atomic E-state index is 12.1. The Hall–Kier alpha value is -2.52. The van der Waals surface area contributed by atoms with Crippen molar-refractivity contribution in [3.63, 3.8) is 0 Å². The third-order valence-electron chi connectivity index (χ3n) is 7.40. The number of rotatable bonds is 44. The van der Waals surface area contributed by atoms with Crippen molar-refractivity contribution < 1.29 is 75.9 Å². The van der Waals surface area contributed by atoms with Gasteiger partial charge in [0.2, 0.25) is 0 Å². The Bertz CT molecular complexity index is 1080. The van der Waals surface area contributed by atoms with E-state index in [1.807, 2.05) is 32.9 Å². The van der Waals surface area contributed by atoms with Gasteiger partial charge in [-0.2, -0.15) is 0 Å². The molecule has 59 heavy (non-hydrogen) atoms. The molecule has 1 aromatic rings. The minimum atomic E-state index is -0.480. The number of hydrogen-bond donors (Lipinski definition) is 1. The Kier molecular flexibility index (Phi) is 37.7. The van der Waals surface area contributed by atoms with Crippen molar-refractivity contribution in [2.75, 3.05) is 177 Å². The maximum atomic E-state index is 12.1. The summed E-state index contributed by atoms with van der Waals surface area (Å²) in [4.78, 5) is 23.7. The van der Waals surface area contributed by atoms with Crippen molar-refractivity contribution in [2.24, 2.45) is 0 Å². The number of carbonyl (C=O) groups excluding carboxylic acids is 2. The normalized spacial score (nSPS) is 11.6. The lowest BCUT2D eigenvalue weighted by atomic mass is 10.2. The second-order valence-corrected chi connectivity index (χ2v) is 13.7. The van der Waals surface area contributed by atoms with Crippen LogP contribution >= 0.6 is 0 Å². The van der Waals surface area contributed by atoms with Crippen LogP contribution in [0.2, 0.25) is 0 Å². The van der Waals surface area contributed by atoms with Crippen LogP contribution in [0.5, 0.6) is 0 Å². The summed E-state index contributed by atoms with van der Waals surface area (Å²) in [5.74, 6) is -0.635. The quantitative estimate of drug-likeness (QED) is 0.0737. The van der Waals surface area contributed by atoms with Gasteiger partial charge in [-0.15, -0.1) is 0 Å². The van der Waals surface area contributed by atoms with Crippen molar-refractivity contribution >= 4 is 17.6 Å². The highest BCUT2D eigenvalue weighted by molar-refractivity contribution is 5.89. The van der Waals surface area contributed by atoms with Crippen molar-refractivity contribution in [1.29, 1.82) is 0 Å². The topological polar surface area (TPSA) is 175 Å². The minimum absolute atomic E-state index is 0.184. The van der Waals surface area contributed by atoms with Crippen molar-refractivity contribution in [3.05, 3.63) is 29.8 Å². The first-order valence-electron chi connectivity index (χ1n) is 21.0. The average Bonchev–Trinajstić information content (AvgIpc) is 3.21. The molecule has 0 radical (unpaired) electrons. The Balaban J connectivity index is 1.67. The van der Waals surface area contributed by atoms with E-state index in [0.29, 0.717) is 164 Å². The maximum Gasteiger partial charge on any atom is 0.338 e. The van der Waals surface area contributed by atoms with Crippen LogP contribution in [-0.2, 0) is 71.1 Å². The molecule has 0 aliphatic carbocycles. The van der Waals surface area contributed by atoms with Gasteiger partial charge < -0.3 is 71.6 Å². The fourth-order valence-corrected chi connectivity index (χ4v) is 4.48. The van der Waals surface area contributed by atoms with Crippen LogP contribution in [-0.4, -0.2) is 189 Å². The molecule has 1 aromatic carbocycles. The van der Waals surface area contributed by atoms with Gasteiger partial charge in [0.05, 0.1) is 171 Å². The molecular formula is C42H75NO16. The highest BCUT2D eigenvalue weighted by Gasteiger charge is 2.15. The van der Waals surface area contributed by atoms with Crippen LogP contribution < -0.4 is 5.32 Å². The number of benzene rings is 1. The Morgan fingerprint density at radius 3 is 1.07 bits per heavy atom. The summed E-state index contributed by atoms with van der Waals surface area (Å²) in [6.45, 7) is 19.6. The van der Waals surface area contributed by atoms with Gasteiger partial charge in [-0.1, -0.05) is 13.3 Å². The number of carbonyl (C=O) groups is 2. The second kappa shape index (κ2) is 40.9. The van der Waals surface area contributed by atoms with E-state index in [1.165, 1.54) is 0 Å². The number of nitrogens with one attached hydrogen (secondary N) is 1. The van der Waals surface area contributed by atoms with E-state index in [1.54, 1.807) is 12.1 Å². The molecule has 0 bridgehead atoms. The molecule has 1 N–H and O–H groups in total. The Morgan fingerprint density at radius 2 is 0.763 bits per heavy atom. The van der Waals surface area contributed by atoms with Crippen LogP contribution in [0.1, 0.15) is 57.3 Å². The third-order valence-corrected chi connectivity index (χ3v) is 7.40. The predicted octanol–water partition coefficient (Wildman–Crippen LogP) is 3.99. The van der Waals surface area contributed by atoms with Crippen molar-refractivity contribution in [1.82, 2.24) is 0 Å². The SMILES string of the molecule is CCCCNc1ccc(C(=O)OCCOCCOCCOCCOCCOCCOCCOCCOCCOCCOCCOCCOCCC(=O)OC(C)(C)C)cc1. The lowest BCUT2D eigenvalue weighted by Gasteiger charge is -2.19. The second-order valence-electron chi connectivity index (χ2n) is 13.7. The van der Waals surface area contributed by atoms with Crippen LogP contribution in [0.3, 0.4) is 0 Å². The molecule has 344 valence electrons. The zero-order chi connectivity index (χ0) is 42.8. The number of anilines is 1. The molecule has 1 rings (SSSR count). The van der Waals surface area contributed by atoms with E-state index in [9.17, 15) is 9.59 Å². The first kappa shape index (κ1) is 54.5. The van der Waals surface area contributed by atoms with Crippen molar-refractivity contribution in [2.45, 2.75) is 52.6 Å². The molecule has 0 saturated heterocycles. The van der Waals surface area contributed by atoms with E-state index in [0.717, 1.165) is 25.1 Å². The fraction of sp³-hybridized carbons (Fsp3) is 0.810. The van der Waals surface area contributed by atoms with Gasteiger partial charge in [-0.25, -0.2) is 4.79 Å². The number of hydrogen-bond acceptors (Lipinski definition) is 17. The standard InChI is InChI=1S/C42H75NO16/c1-5-6-12-43-39-9-7-38(8-10-39)41(45)58-37-36-57-35-34-56-33-32-55-31-30-54-29-28-53-27-26-52-25-24-51-23-22-50-21-20-49-19-18-48-17-16-47-15-14-46-13-11-40(44)59-42(2,3)4/h7-10,43H,5-6,11-37H2,1-4H3. The minimum Gasteiger partial charge on any atom is -0.460 e. The van der Waals surface area contributed by atoms with Crippen LogP contribution in [0, 0.1) is 0 Å². The molecule has 0 spiro atoms. The number of ether oxygens (including phenoxy) is 14. The predicted molar refractivity (Wildman–Crippen MR) is 220 cm³/mol. The molecule has 17 nitrogen and oxygen atoms in total. The zero-order valence-corrected chi connectivity index (χ0v) is 36.3. The first-order valence-corrected chi connectivity index (χ1v) is 21.0. The number of esters is 2. The lowest BCUT2D eigenvalue weighted by molar-refractivity contribution is -0.156. The van der Waals surface area contributed by atoms with E-state index < -0.39 is 5.60 Å². The molecular weight excluding hydrogens is 774 g/mol. The average molecular weight is 850 g/mol. The molecule has 0 aliphatic rings. The molecule has 0 aromatic heterocycles. The van der Waals surface area contributed by atoms with Crippen LogP contribution in [0.4, 0.5) is 5.69 Å². The molecule has 0 aliphatic heterocycles. The van der Waals surface area contributed by atoms with Crippen LogP contribution in [0.25, 0.3) is 0 Å². The first-order chi connectivity index (χ1) is 28.8. The Labute approximate surface area is 352 Å². The van der Waals surface area contributed by atoms with Gasteiger partial charge in [0, 0.05) is 12.2 Å².